The quantitative estimate of drug-likeness (QED) is 0.710. The van der Waals surface area contributed by atoms with Crippen molar-refractivity contribution >= 4 is 23.5 Å². The van der Waals surface area contributed by atoms with E-state index < -0.39 is 12.1 Å². The van der Waals surface area contributed by atoms with Crippen molar-refractivity contribution in [3.8, 4) is 11.3 Å². The number of fused-ring (bicyclic) bond motifs is 1. The molecule has 9 heteroatoms. The molecule has 9 nitrogen and oxygen atoms in total. The number of carbonyl (C=O) groups excluding carboxylic acids is 1. The van der Waals surface area contributed by atoms with E-state index in [2.05, 4.69) is 25.5 Å². The minimum Gasteiger partial charge on any atom is -0.465 e. The summed E-state index contributed by atoms with van der Waals surface area (Å²) in [6.07, 6.45) is 2.94. The molecular formula is C21H26N6O3. The molecule has 3 heterocycles. The first-order valence-electron chi connectivity index (χ1n) is 10.2. The predicted molar refractivity (Wildman–Crippen MR) is 114 cm³/mol. The number of amides is 2. The number of piperazine rings is 1. The smallest absolute Gasteiger partial charge is 0.405 e. The minimum atomic E-state index is -1.08. The van der Waals surface area contributed by atoms with Crippen molar-refractivity contribution in [1.29, 1.82) is 0 Å². The monoisotopic (exact) mass is 410 g/mol. The zero-order valence-corrected chi connectivity index (χ0v) is 17.1. The number of rotatable bonds is 3. The average molecular weight is 410 g/mol. The second-order valence-corrected chi connectivity index (χ2v) is 7.75. The molecule has 1 aromatic heterocycles. The van der Waals surface area contributed by atoms with E-state index in [1.54, 1.807) is 17.3 Å². The van der Waals surface area contributed by atoms with Crippen molar-refractivity contribution in [1.82, 2.24) is 20.6 Å². The van der Waals surface area contributed by atoms with Gasteiger partial charge in [0.05, 0.1) is 24.1 Å². The van der Waals surface area contributed by atoms with Crippen LogP contribution in [0.25, 0.3) is 11.3 Å². The van der Waals surface area contributed by atoms with Gasteiger partial charge in [0.1, 0.15) is 5.82 Å². The van der Waals surface area contributed by atoms with Crippen LogP contribution < -0.4 is 20.4 Å². The third kappa shape index (κ3) is 3.93. The van der Waals surface area contributed by atoms with Gasteiger partial charge in [-0.25, -0.2) is 9.78 Å². The molecular weight excluding hydrogens is 384 g/mol. The third-order valence-electron chi connectivity index (χ3n) is 5.69. The van der Waals surface area contributed by atoms with Crippen LogP contribution in [0.15, 0.2) is 30.6 Å². The first kappa shape index (κ1) is 20.1. The molecule has 0 radical (unpaired) electrons. The van der Waals surface area contributed by atoms with Crippen molar-refractivity contribution < 1.29 is 14.7 Å². The Labute approximate surface area is 175 Å². The number of nitrogens with one attached hydrogen (secondary N) is 2. The zero-order chi connectivity index (χ0) is 21.3. The Bertz CT molecular complexity index is 942. The normalized spacial score (nSPS) is 21.1. The molecule has 2 aliphatic heterocycles. The molecule has 1 saturated heterocycles. The lowest BCUT2D eigenvalue weighted by Gasteiger charge is -2.39. The first-order valence-corrected chi connectivity index (χ1v) is 10.2. The number of aromatic nitrogens is 2. The van der Waals surface area contributed by atoms with Crippen molar-refractivity contribution in [3.05, 3.63) is 36.2 Å². The third-order valence-corrected chi connectivity index (χ3v) is 5.69. The second-order valence-electron chi connectivity index (χ2n) is 7.75. The average Bonchev–Trinajstić information content (AvgIpc) is 2.73. The van der Waals surface area contributed by atoms with Gasteiger partial charge in [0.25, 0.3) is 0 Å². The predicted octanol–water partition coefficient (Wildman–Crippen LogP) is 2.01. The Hall–Kier alpha value is -3.20. The molecule has 0 bridgehead atoms. The van der Waals surface area contributed by atoms with E-state index >= 15 is 0 Å². The maximum absolute atomic E-state index is 12.2. The molecule has 2 amide bonds. The number of benzene rings is 1. The lowest BCUT2D eigenvalue weighted by Crippen LogP contribution is -2.45. The Morgan fingerprint density at radius 1 is 1.20 bits per heavy atom. The molecule has 158 valence electrons. The molecule has 2 atom stereocenters. The molecule has 4 rings (SSSR count). The highest BCUT2D eigenvalue weighted by Crippen LogP contribution is 2.39. The highest BCUT2D eigenvalue weighted by molar-refractivity contribution is 5.94. The molecule has 1 aromatic carbocycles. The van der Waals surface area contributed by atoms with Crippen LogP contribution in [-0.2, 0) is 4.79 Å². The molecule has 0 unspecified atom stereocenters. The van der Waals surface area contributed by atoms with Gasteiger partial charge >= 0.3 is 6.09 Å². The van der Waals surface area contributed by atoms with Crippen LogP contribution in [0, 0.1) is 0 Å². The second kappa shape index (κ2) is 8.27. The number of nitrogens with zero attached hydrogens (tertiary/aromatic N) is 4. The topological polar surface area (TPSA) is 111 Å². The fourth-order valence-electron chi connectivity index (χ4n) is 4.32. The van der Waals surface area contributed by atoms with E-state index in [0.29, 0.717) is 12.1 Å². The highest BCUT2D eigenvalue weighted by atomic mass is 16.4. The highest BCUT2D eigenvalue weighted by Gasteiger charge is 2.33. The van der Waals surface area contributed by atoms with Gasteiger partial charge in [0.15, 0.2) is 0 Å². The number of anilines is 2. The summed E-state index contributed by atoms with van der Waals surface area (Å²) in [7, 11) is 0. The van der Waals surface area contributed by atoms with Gasteiger partial charge < -0.3 is 25.5 Å². The summed E-state index contributed by atoms with van der Waals surface area (Å²) in [5.41, 5.74) is 3.05. The van der Waals surface area contributed by atoms with Crippen molar-refractivity contribution in [3.63, 3.8) is 0 Å². The summed E-state index contributed by atoms with van der Waals surface area (Å²) in [4.78, 5) is 36.6. The van der Waals surface area contributed by atoms with Crippen LogP contribution in [-0.4, -0.2) is 59.3 Å². The lowest BCUT2D eigenvalue weighted by atomic mass is 9.90. The SMILES string of the molecule is CC(=O)N1c2ccc(-c3cnc(N4CCNCC4)cn3)cc2[C@@H](NC(=O)O)C[C@H]1C. The van der Waals surface area contributed by atoms with Crippen LogP contribution >= 0.6 is 0 Å². The van der Waals surface area contributed by atoms with Gasteiger partial charge in [-0.1, -0.05) is 6.07 Å². The van der Waals surface area contributed by atoms with Crippen LogP contribution in [0.3, 0.4) is 0 Å². The van der Waals surface area contributed by atoms with E-state index in [4.69, 9.17) is 0 Å². The van der Waals surface area contributed by atoms with E-state index in [9.17, 15) is 14.7 Å². The Morgan fingerprint density at radius 3 is 2.60 bits per heavy atom. The molecule has 2 aliphatic rings. The van der Waals surface area contributed by atoms with Crippen LogP contribution in [0.2, 0.25) is 0 Å². The Kier molecular flexibility index (Phi) is 5.54. The Morgan fingerprint density at radius 2 is 1.97 bits per heavy atom. The summed E-state index contributed by atoms with van der Waals surface area (Å²) >= 11 is 0. The maximum Gasteiger partial charge on any atom is 0.405 e. The van der Waals surface area contributed by atoms with Gasteiger partial charge in [-0.2, -0.15) is 0 Å². The zero-order valence-electron chi connectivity index (χ0n) is 17.1. The summed E-state index contributed by atoms with van der Waals surface area (Å²) in [5, 5.41) is 15.2. The van der Waals surface area contributed by atoms with Gasteiger partial charge in [-0.3, -0.25) is 9.78 Å². The molecule has 0 aliphatic carbocycles. The number of hydrogen-bond donors (Lipinski definition) is 3. The lowest BCUT2D eigenvalue weighted by molar-refractivity contribution is -0.117. The van der Waals surface area contributed by atoms with Gasteiger partial charge in [0.2, 0.25) is 5.91 Å². The van der Waals surface area contributed by atoms with Gasteiger partial charge in [0, 0.05) is 50.4 Å². The van der Waals surface area contributed by atoms with Gasteiger partial charge in [-0.15, -0.1) is 0 Å². The molecule has 1 fully saturated rings. The largest absolute Gasteiger partial charge is 0.465 e. The summed E-state index contributed by atoms with van der Waals surface area (Å²) in [6, 6.07) is 5.18. The minimum absolute atomic E-state index is 0.0644. The Balaban J connectivity index is 1.67. The maximum atomic E-state index is 12.2. The van der Waals surface area contributed by atoms with E-state index in [-0.39, 0.29) is 11.9 Å². The first-order chi connectivity index (χ1) is 14.4. The molecule has 0 saturated carbocycles. The summed E-state index contributed by atoms with van der Waals surface area (Å²) < 4.78 is 0. The van der Waals surface area contributed by atoms with Crippen molar-refractivity contribution in [2.75, 3.05) is 36.0 Å². The fraction of sp³-hybridized carbons (Fsp3) is 0.429. The van der Waals surface area contributed by atoms with Crippen molar-refractivity contribution in [2.24, 2.45) is 0 Å². The number of carboxylic acid groups (broad SMARTS) is 1. The summed E-state index contributed by atoms with van der Waals surface area (Å²) in [5.74, 6) is 0.783. The molecule has 2 aromatic rings. The fourth-order valence-corrected chi connectivity index (χ4v) is 4.32. The van der Waals surface area contributed by atoms with E-state index in [1.807, 2.05) is 25.1 Å². The van der Waals surface area contributed by atoms with E-state index in [0.717, 1.165) is 48.8 Å². The molecule has 3 N–H and O–H groups in total. The molecule has 0 spiro atoms. The van der Waals surface area contributed by atoms with E-state index in [1.165, 1.54) is 6.92 Å². The van der Waals surface area contributed by atoms with Crippen molar-refractivity contribution in [2.45, 2.75) is 32.4 Å². The van der Waals surface area contributed by atoms with Crippen LogP contribution in [0.1, 0.15) is 31.9 Å². The standard InChI is InChI=1S/C21H26N6O3/c1-13-9-17(25-21(29)30)16-10-15(3-4-19(16)27(13)14(2)28)18-11-24-20(12-23-18)26-7-5-22-6-8-26/h3-4,10-13,17,22,25H,5-9H2,1-2H3,(H,29,30)/t13-,17+/m1/s1. The van der Waals surface area contributed by atoms with Gasteiger partial charge in [-0.05, 0) is 31.0 Å². The van der Waals surface area contributed by atoms with Crippen LogP contribution in [0.5, 0.6) is 0 Å². The molecule has 30 heavy (non-hydrogen) atoms. The van der Waals surface area contributed by atoms with Crippen LogP contribution in [0.4, 0.5) is 16.3 Å². The summed E-state index contributed by atoms with van der Waals surface area (Å²) in [6.45, 7) is 7.10. The number of carbonyl (C=O) groups is 2. The number of hydrogen-bond acceptors (Lipinski definition) is 6.